The maximum atomic E-state index is 12.2. The molecule has 0 aliphatic heterocycles. The molecule has 8 heteroatoms. The van der Waals surface area contributed by atoms with E-state index in [2.05, 4.69) is 5.32 Å². The average Bonchev–Trinajstić information content (AvgIpc) is 2.98. The molecule has 0 radical (unpaired) electrons. The van der Waals surface area contributed by atoms with E-state index in [1.807, 2.05) is 0 Å². The summed E-state index contributed by atoms with van der Waals surface area (Å²) in [4.78, 5) is 12.6. The molecule has 6 nitrogen and oxygen atoms in total. The van der Waals surface area contributed by atoms with Gasteiger partial charge < -0.3 is 10.1 Å². The van der Waals surface area contributed by atoms with Crippen LogP contribution in [0.4, 0.5) is 5.69 Å². The van der Waals surface area contributed by atoms with Crippen molar-refractivity contribution in [2.75, 3.05) is 26.5 Å². The van der Waals surface area contributed by atoms with E-state index < -0.39 is 10.0 Å². The fourth-order valence-corrected chi connectivity index (χ4v) is 3.77. The molecule has 118 valence electrons. The first-order valence-electron chi connectivity index (χ1n) is 6.31. The van der Waals surface area contributed by atoms with E-state index in [1.54, 1.807) is 24.3 Å². The van der Waals surface area contributed by atoms with Crippen LogP contribution in [0.1, 0.15) is 9.67 Å². The quantitative estimate of drug-likeness (QED) is 0.906. The Labute approximate surface area is 133 Å². The maximum Gasteiger partial charge on any atom is 0.265 e. The molecule has 0 spiro atoms. The normalized spacial score (nSPS) is 11.5. The topological polar surface area (TPSA) is 75.7 Å². The molecule has 0 unspecified atom stereocenters. The third kappa shape index (κ3) is 3.29. The van der Waals surface area contributed by atoms with Crippen molar-refractivity contribution >= 4 is 33.0 Å². The van der Waals surface area contributed by atoms with Crippen LogP contribution < -0.4 is 10.1 Å². The van der Waals surface area contributed by atoms with Gasteiger partial charge in [-0.2, -0.15) is 0 Å². The number of hydrogen-bond donors (Lipinski definition) is 1. The van der Waals surface area contributed by atoms with Gasteiger partial charge in [0.2, 0.25) is 10.0 Å². The summed E-state index contributed by atoms with van der Waals surface area (Å²) in [6, 6.07) is 8.37. The van der Waals surface area contributed by atoms with Crippen molar-refractivity contribution in [3.8, 4) is 5.75 Å². The van der Waals surface area contributed by atoms with Gasteiger partial charge in [0, 0.05) is 19.5 Å². The molecule has 2 aromatic rings. The monoisotopic (exact) mass is 340 g/mol. The van der Waals surface area contributed by atoms with E-state index in [-0.39, 0.29) is 10.8 Å². The van der Waals surface area contributed by atoms with Gasteiger partial charge in [0.05, 0.1) is 22.6 Å². The van der Waals surface area contributed by atoms with Gasteiger partial charge in [-0.25, -0.2) is 12.7 Å². The predicted octanol–water partition coefficient (Wildman–Crippen LogP) is 2.26. The van der Waals surface area contributed by atoms with Crippen molar-refractivity contribution < 1.29 is 17.9 Å². The zero-order chi connectivity index (χ0) is 16.3. The van der Waals surface area contributed by atoms with E-state index in [4.69, 9.17) is 4.74 Å². The molecule has 0 saturated carbocycles. The standard InChI is InChI=1S/C14H16N2O4S2/c1-16(2)22(18,19)10-8-13(21-9-10)14(17)15-11-6-4-5-7-12(11)20-3/h4-9H,1-3H3,(H,15,17). The van der Waals surface area contributed by atoms with E-state index in [1.165, 1.54) is 32.7 Å². The molecule has 0 aliphatic carbocycles. The minimum Gasteiger partial charge on any atom is -0.495 e. The van der Waals surface area contributed by atoms with Gasteiger partial charge in [0.1, 0.15) is 5.75 Å². The highest BCUT2D eigenvalue weighted by molar-refractivity contribution is 7.89. The van der Waals surface area contributed by atoms with Crippen LogP contribution in [0.15, 0.2) is 40.6 Å². The number of sulfonamides is 1. The summed E-state index contributed by atoms with van der Waals surface area (Å²) in [5.41, 5.74) is 0.528. The Bertz CT molecular complexity index is 782. The minimum absolute atomic E-state index is 0.104. The lowest BCUT2D eigenvalue weighted by atomic mass is 10.3. The minimum atomic E-state index is -3.54. The van der Waals surface area contributed by atoms with Crippen molar-refractivity contribution in [3.05, 3.63) is 40.6 Å². The van der Waals surface area contributed by atoms with Crippen LogP contribution in [0.3, 0.4) is 0 Å². The fraction of sp³-hybridized carbons (Fsp3) is 0.214. The number of benzene rings is 1. The number of rotatable bonds is 5. The van der Waals surface area contributed by atoms with Crippen LogP contribution in [-0.2, 0) is 10.0 Å². The highest BCUT2D eigenvalue weighted by Gasteiger charge is 2.21. The van der Waals surface area contributed by atoms with E-state index in [0.29, 0.717) is 16.3 Å². The Balaban J connectivity index is 2.23. The predicted molar refractivity (Wildman–Crippen MR) is 86.1 cm³/mol. The second-order valence-corrected chi connectivity index (χ2v) is 7.65. The molecular weight excluding hydrogens is 324 g/mol. The summed E-state index contributed by atoms with van der Waals surface area (Å²) in [5, 5.41) is 4.16. The molecule has 0 atom stereocenters. The van der Waals surface area contributed by atoms with Gasteiger partial charge in [-0.1, -0.05) is 12.1 Å². The zero-order valence-electron chi connectivity index (χ0n) is 12.4. The number of methoxy groups -OCH3 is 1. The number of anilines is 1. The van der Waals surface area contributed by atoms with Crippen molar-refractivity contribution in [1.82, 2.24) is 4.31 Å². The van der Waals surface area contributed by atoms with E-state index in [9.17, 15) is 13.2 Å². The number of amides is 1. The summed E-state index contributed by atoms with van der Waals surface area (Å²) in [7, 11) is 0.868. The number of carbonyl (C=O) groups is 1. The van der Waals surface area contributed by atoms with Crippen molar-refractivity contribution in [3.63, 3.8) is 0 Å². The summed E-state index contributed by atoms with van der Waals surface area (Å²) in [5.74, 6) is 0.156. The molecule has 0 saturated heterocycles. The zero-order valence-corrected chi connectivity index (χ0v) is 14.0. The van der Waals surface area contributed by atoms with Crippen LogP contribution in [0, 0.1) is 0 Å². The van der Waals surface area contributed by atoms with Gasteiger partial charge >= 0.3 is 0 Å². The Hall–Kier alpha value is -1.90. The number of nitrogens with one attached hydrogen (secondary N) is 1. The largest absolute Gasteiger partial charge is 0.495 e. The molecule has 0 aliphatic rings. The Kier molecular flexibility index (Phi) is 4.84. The molecule has 1 N–H and O–H groups in total. The Morgan fingerprint density at radius 1 is 1.27 bits per heavy atom. The summed E-state index contributed by atoms with van der Waals surface area (Å²) in [6.07, 6.45) is 0. The van der Waals surface area contributed by atoms with Crippen LogP contribution in [0.2, 0.25) is 0 Å². The molecule has 0 fully saturated rings. The smallest absolute Gasteiger partial charge is 0.265 e. The fourth-order valence-electron chi connectivity index (χ4n) is 1.72. The second-order valence-electron chi connectivity index (χ2n) is 4.59. The molecule has 1 aromatic carbocycles. The third-order valence-electron chi connectivity index (χ3n) is 2.93. The first-order valence-corrected chi connectivity index (χ1v) is 8.63. The van der Waals surface area contributed by atoms with Crippen LogP contribution >= 0.6 is 11.3 Å². The van der Waals surface area contributed by atoms with E-state index >= 15 is 0 Å². The van der Waals surface area contributed by atoms with Gasteiger partial charge in [0.15, 0.2) is 0 Å². The van der Waals surface area contributed by atoms with Crippen LogP contribution in [0.5, 0.6) is 5.75 Å². The lowest BCUT2D eigenvalue weighted by Crippen LogP contribution is -2.21. The molecule has 1 amide bonds. The highest BCUT2D eigenvalue weighted by Crippen LogP contribution is 2.26. The lowest BCUT2D eigenvalue weighted by molar-refractivity contribution is 0.103. The van der Waals surface area contributed by atoms with Crippen molar-refractivity contribution in [2.24, 2.45) is 0 Å². The first kappa shape index (κ1) is 16.5. The number of nitrogens with zero attached hydrogens (tertiary/aromatic N) is 1. The molecule has 22 heavy (non-hydrogen) atoms. The number of carbonyl (C=O) groups excluding carboxylic acids is 1. The number of hydrogen-bond acceptors (Lipinski definition) is 5. The Morgan fingerprint density at radius 2 is 1.95 bits per heavy atom. The third-order valence-corrected chi connectivity index (χ3v) is 5.80. The SMILES string of the molecule is COc1ccccc1NC(=O)c1cc(S(=O)(=O)N(C)C)cs1. The van der Waals surface area contributed by atoms with Gasteiger partial charge in [-0.05, 0) is 18.2 Å². The number of ether oxygens (including phenoxy) is 1. The van der Waals surface area contributed by atoms with Gasteiger partial charge in [-0.15, -0.1) is 11.3 Å². The lowest BCUT2D eigenvalue weighted by Gasteiger charge is -2.09. The molecular formula is C14H16N2O4S2. The number of para-hydroxylation sites is 2. The molecule has 2 rings (SSSR count). The van der Waals surface area contributed by atoms with Crippen LogP contribution in [0.25, 0.3) is 0 Å². The van der Waals surface area contributed by atoms with Crippen molar-refractivity contribution in [1.29, 1.82) is 0 Å². The summed E-state index contributed by atoms with van der Waals surface area (Å²) in [6.45, 7) is 0. The maximum absolute atomic E-state index is 12.2. The van der Waals surface area contributed by atoms with E-state index in [0.717, 1.165) is 15.6 Å². The first-order chi connectivity index (χ1) is 10.4. The Morgan fingerprint density at radius 3 is 2.59 bits per heavy atom. The number of thiophene rings is 1. The second kappa shape index (κ2) is 6.47. The van der Waals surface area contributed by atoms with Gasteiger partial charge in [0.25, 0.3) is 5.91 Å². The average molecular weight is 340 g/mol. The summed E-state index contributed by atoms with van der Waals surface area (Å²) >= 11 is 1.08. The van der Waals surface area contributed by atoms with Crippen LogP contribution in [-0.4, -0.2) is 39.8 Å². The molecule has 1 aromatic heterocycles. The van der Waals surface area contributed by atoms with Crippen molar-refractivity contribution in [2.45, 2.75) is 4.90 Å². The summed E-state index contributed by atoms with van der Waals surface area (Å²) < 4.78 is 30.3. The highest BCUT2D eigenvalue weighted by atomic mass is 32.2. The molecule has 1 heterocycles. The molecule has 0 bridgehead atoms. The van der Waals surface area contributed by atoms with Gasteiger partial charge in [-0.3, -0.25) is 4.79 Å².